The van der Waals surface area contributed by atoms with Gasteiger partial charge in [0, 0.05) is 22.9 Å². The van der Waals surface area contributed by atoms with E-state index in [1.165, 1.54) is 6.07 Å². The van der Waals surface area contributed by atoms with Crippen LogP contribution >= 0.6 is 11.8 Å². The minimum absolute atomic E-state index is 0.160. The van der Waals surface area contributed by atoms with Crippen molar-refractivity contribution in [1.82, 2.24) is 0 Å². The van der Waals surface area contributed by atoms with E-state index in [2.05, 4.69) is 0 Å². The minimum atomic E-state index is -0.271. The summed E-state index contributed by atoms with van der Waals surface area (Å²) >= 11 is 1.55. The van der Waals surface area contributed by atoms with E-state index in [9.17, 15) is 4.39 Å². The molecule has 1 atom stereocenters. The van der Waals surface area contributed by atoms with Gasteiger partial charge in [-0.05, 0) is 30.5 Å². The first-order valence-corrected chi connectivity index (χ1v) is 5.82. The Morgan fingerprint density at radius 3 is 2.80 bits per heavy atom. The Balaban J connectivity index is 2.73. The summed E-state index contributed by atoms with van der Waals surface area (Å²) in [7, 11) is 0. The lowest BCUT2D eigenvalue weighted by atomic mass is 10.2. The van der Waals surface area contributed by atoms with Gasteiger partial charge in [-0.3, -0.25) is 0 Å². The zero-order valence-corrected chi connectivity index (χ0v) is 9.77. The van der Waals surface area contributed by atoms with E-state index < -0.39 is 0 Å². The van der Waals surface area contributed by atoms with Gasteiger partial charge in [0.25, 0.3) is 0 Å². The van der Waals surface area contributed by atoms with Crippen LogP contribution in [0.2, 0.25) is 0 Å². The molecule has 0 heterocycles. The average molecular weight is 229 g/mol. The van der Waals surface area contributed by atoms with Crippen molar-refractivity contribution in [3.8, 4) is 0 Å². The van der Waals surface area contributed by atoms with Crippen molar-refractivity contribution >= 4 is 17.4 Å². The summed E-state index contributed by atoms with van der Waals surface area (Å²) in [5, 5.41) is 8.88. The van der Waals surface area contributed by atoms with E-state index in [-0.39, 0.29) is 18.3 Å². The first kappa shape index (κ1) is 12.3. The topological polar surface area (TPSA) is 46.2 Å². The summed E-state index contributed by atoms with van der Waals surface area (Å²) in [4.78, 5) is 0.884. The predicted octanol–water partition coefficient (Wildman–Crippen LogP) is 2.44. The SMILES string of the molecule is Cc1cc(SCC(C)CO)c(N)cc1F. The van der Waals surface area contributed by atoms with E-state index >= 15 is 0 Å². The highest BCUT2D eigenvalue weighted by atomic mass is 32.2. The lowest BCUT2D eigenvalue weighted by molar-refractivity contribution is 0.250. The molecule has 0 fully saturated rings. The van der Waals surface area contributed by atoms with Gasteiger partial charge >= 0.3 is 0 Å². The fourth-order valence-corrected chi connectivity index (χ4v) is 2.14. The molecule has 3 N–H and O–H groups in total. The Kier molecular flexibility index (Phi) is 4.42. The van der Waals surface area contributed by atoms with Gasteiger partial charge in [0.2, 0.25) is 0 Å². The number of aliphatic hydroxyl groups excluding tert-OH is 1. The van der Waals surface area contributed by atoms with Crippen molar-refractivity contribution in [2.75, 3.05) is 18.1 Å². The maximum absolute atomic E-state index is 13.1. The van der Waals surface area contributed by atoms with Gasteiger partial charge in [0.15, 0.2) is 0 Å². The summed E-state index contributed by atoms with van der Waals surface area (Å²) < 4.78 is 13.1. The molecule has 0 saturated carbocycles. The number of aryl methyl sites for hydroxylation is 1. The fraction of sp³-hybridized carbons (Fsp3) is 0.455. The second-order valence-electron chi connectivity index (χ2n) is 3.74. The second kappa shape index (κ2) is 5.37. The molecule has 0 bridgehead atoms. The number of thioether (sulfide) groups is 1. The van der Waals surface area contributed by atoms with Gasteiger partial charge in [-0.1, -0.05) is 6.92 Å². The summed E-state index contributed by atoms with van der Waals surface area (Å²) in [6.45, 7) is 3.83. The van der Waals surface area contributed by atoms with Crippen LogP contribution in [0.1, 0.15) is 12.5 Å². The van der Waals surface area contributed by atoms with Gasteiger partial charge in [-0.2, -0.15) is 0 Å². The lowest BCUT2D eigenvalue weighted by Crippen LogP contribution is -2.04. The van der Waals surface area contributed by atoms with Gasteiger partial charge in [-0.15, -0.1) is 11.8 Å². The monoisotopic (exact) mass is 229 g/mol. The van der Waals surface area contributed by atoms with Crippen molar-refractivity contribution in [3.63, 3.8) is 0 Å². The number of aliphatic hydroxyl groups is 1. The van der Waals surface area contributed by atoms with Crippen LogP contribution in [0, 0.1) is 18.7 Å². The molecule has 1 unspecified atom stereocenters. The van der Waals surface area contributed by atoms with Crippen molar-refractivity contribution in [2.24, 2.45) is 5.92 Å². The number of hydrogen-bond acceptors (Lipinski definition) is 3. The molecule has 2 nitrogen and oxygen atoms in total. The summed E-state index contributed by atoms with van der Waals surface area (Å²) in [6.07, 6.45) is 0. The van der Waals surface area contributed by atoms with Crippen molar-refractivity contribution in [2.45, 2.75) is 18.7 Å². The van der Waals surface area contributed by atoms with Crippen molar-refractivity contribution in [3.05, 3.63) is 23.5 Å². The molecule has 15 heavy (non-hydrogen) atoms. The maximum atomic E-state index is 13.1. The smallest absolute Gasteiger partial charge is 0.128 e. The summed E-state index contributed by atoms with van der Waals surface area (Å²) in [5.41, 5.74) is 6.76. The average Bonchev–Trinajstić information content (AvgIpc) is 2.21. The van der Waals surface area contributed by atoms with Gasteiger partial charge < -0.3 is 10.8 Å². The minimum Gasteiger partial charge on any atom is -0.398 e. The first-order chi connectivity index (χ1) is 7.04. The molecule has 84 valence electrons. The molecule has 1 rings (SSSR count). The van der Waals surface area contributed by atoms with Gasteiger partial charge in [0.1, 0.15) is 5.82 Å². The molecule has 0 radical (unpaired) electrons. The van der Waals surface area contributed by atoms with Crippen LogP contribution in [0.25, 0.3) is 0 Å². The molecule has 0 aliphatic carbocycles. The third-order valence-corrected chi connectivity index (χ3v) is 3.53. The second-order valence-corrected chi connectivity index (χ2v) is 4.80. The number of anilines is 1. The number of hydrogen-bond donors (Lipinski definition) is 2. The molecular weight excluding hydrogens is 213 g/mol. The Labute approximate surface area is 93.7 Å². The number of rotatable bonds is 4. The lowest BCUT2D eigenvalue weighted by Gasteiger charge is -2.10. The number of benzene rings is 1. The summed E-state index contributed by atoms with van der Waals surface area (Å²) in [5.74, 6) is 0.734. The molecule has 4 heteroatoms. The maximum Gasteiger partial charge on any atom is 0.128 e. The standard InChI is InChI=1S/C11H16FNOS/c1-7(5-14)6-15-11-3-8(2)9(12)4-10(11)13/h3-4,7,14H,5-6,13H2,1-2H3. The molecule has 1 aromatic rings. The highest BCUT2D eigenvalue weighted by Crippen LogP contribution is 2.28. The highest BCUT2D eigenvalue weighted by Gasteiger charge is 2.07. The molecule has 0 saturated heterocycles. The Morgan fingerprint density at radius 2 is 2.20 bits per heavy atom. The molecular formula is C11H16FNOS. The number of nitrogen functional groups attached to an aromatic ring is 1. The van der Waals surface area contributed by atoms with Crippen LogP contribution in [-0.2, 0) is 0 Å². The Hall–Kier alpha value is -0.740. The molecule has 0 aliphatic heterocycles. The van der Waals surface area contributed by atoms with Gasteiger partial charge in [-0.25, -0.2) is 4.39 Å². The third-order valence-electron chi connectivity index (χ3n) is 2.13. The van der Waals surface area contributed by atoms with E-state index in [1.54, 1.807) is 24.8 Å². The van der Waals surface area contributed by atoms with Crippen molar-refractivity contribution < 1.29 is 9.50 Å². The summed E-state index contributed by atoms with van der Waals surface area (Å²) in [6, 6.07) is 3.10. The largest absolute Gasteiger partial charge is 0.398 e. The number of halogens is 1. The van der Waals surface area contributed by atoms with Crippen LogP contribution in [0.5, 0.6) is 0 Å². The molecule has 0 spiro atoms. The quantitative estimate of drug-likeness (QED) is 0.615. The Morgan fingerprint density at radius 1 is 1.53 bits per heavy atom. The van der Waals surface area contributed by atoms with Crippen LogP contribution < -0.4 is 5.73 Å². The number of nitrogens with two attached hydrogens (primary N) is 1. The normalized spacial score (nSPS) is 12.8. The van der Waals surface area contributed by atoms with E-state index in [1.807, 2.05) is 6.92 Å². The predicted molar refractivity (Wildman–Crippen MR) is 62.5 cm³/mol. The third kappa shape index (κ3) is 3.39. The molecule has 0 aromatic heterocycles. The molecule has 1 aromatic carbocycles. The molecule has 0 amide bonds. The van der Waals surface area contributed by atoms with Crippen molar-refractivity contribution in [1.29, 1.82) is 0 Å². The highest BCUT2D eigenvalue weighted by molar-refractivity contribution is 7.99. The van der Waals surface area contributed by atoms with Crippen LogP contribution in [0.15, 0.2) is 17.0 Å². The van der Waals surface area contributed by atoms with E-state index in [4.69, 9.17) is 10.8 Å². The zero-order chi connectivity index (χ0) is 11.4. The Bertz CT molecular complexity index is 344. The van der Waals surface area contributed by atoms with Crippen LogP contribution in [-0.4, -0.2) is 17.5 Å². The van der Waals surface area contributed by atoms with E-state index in [0.717, 1.165) is 10.6 Å². The zero-order valence-electron chi connectivity index (χ0n) is 8.96. The van der Waals surface area contributed by atoms with Gasteiger partial charge in [0.05, 0.1) is 0 Å². The first-order valence-electron chi connectivity index (χ1n) is 4.84. The van der Waals surface area contributed by atoms with Crippen LogP contribution in [0.3, 0.4) is 0 Å². The fourth-order valence-electron chi connectivity index (χ4n) is 1.08. The van der Waals surface area contributed by atoms with E-state index in [0.29, 0.717) is 11.3 Å². The van der Waals surface area contributed by atoms with Crippen LogP contribution in [0.4, 0.5) is 10.1 Å². The molecule has 0 aliphatic rings.